The van der Waals surface area contributed by atoms with E-state index in [1.807, 2.05) is 23.4 Å². The lowest BCUT2D eigenvalue weighted by atomic mass is 9.93. The van der Waals surface area contributed by atoms with E-state index in [2.05, 4.69) is 20.7 Å². The predicted octanol–water partition coefficient (Wildman–Crippen LogP) is 3.59. The first-order valence-electron chi connectivity index (χ1n) is 13.9. The molecule has 2 aromatic heterocycles. The van der Waals surface area contributed by atoms with E-state index in [1.165, 1.54) is 22.4 Å². The molecule has 3 aliphatic rings. The third kappa shape index (κ3) is 5.48. The van der Waals surface area contributed by atoms with Gasteiger partial charge in [-0.1, -0.05) is 6.07 Å². The number of rotatable bonds is 5. The number of fused-ring (bicyclic) bond motifs is 1. The zero-order chi connectivity index (χ0) is 28.6. The molecule has 41 heavy (non-hydrogen) atoms. The lowest BCUT2D eigenvalue weighted by Gasteiger charge is -2.37. The maximum Gasteiger partial charge on any atom is 0.416 e. The van der Waals surface area contributed by atoms with Crippen molar-refractivity contribution < 1.29 is 18.0 Å². The third-order valence-electron chi connectivity index (χ3n) is 8.28. The number of amides is 1. The van der Waals surface area contributed by atoms with Crippen LogP contribution in [0.4, 0.5) is 13.2 Å². The van der Waals surface area contributed by atoms with Crippen LogP contribution in [0.2, 0.25) is 0 Å². The first kappa shape index (κ1) is 27.1. The lowest BCUT2D eigenvalue weighted by Crippen LogP contribution is -2.46. The molecule has 0 saturated carbocycles. The number of halogens is 3. The van der Waals surface area contributed by atoms with Crippen LogP contribution in [-0.2, 0) is 11.0 Å². The molecular weight excluding hydrogens is 535 g/mol. The molecule has 0 radical (unpaired) electrons. The third-order valence-corrected chi connectivity index (χ3v) is 8.28. The number of carbonyl (C=O) groups is 1. The van der Waals surface area contributed by atoms with Gasteiger partial charge in [0.05, 0.1) is 16.6 Å². The van der Waals surface area contributed by atoms with Crippen molar-refractivity contribution in [1.29, 1.82) is 0 Å². The van der Waals surface area contributed by atoms with Gasteiger partial charge in [-0.15, -0.1) is 0 Å². The first-order chi connectivity index (χ1) is 19.8. The zero-order valence-corrected chi connectivity index (χ0v) is 22.5. The molecule has 1 aromatic carbocycles. The first-order valence-corrected chi connectivity index (χ1v) is 13.9. The second-order valence-corrected chi connectivity index (χ2v) is 10.8. The highest BCUT2D eigenvalue weighted by atomic mass is 19.4. The molecule has 0 atom stereocenters. The summed E-state index contributed by atoms with van der Waals surface area (Å²) in [5.74, 6) is 0.403. The van der Waals surface area contributed by atoms with Gasteiger partial charge in [0.25, 0.3) is 0 Å². The Morgan fingerprint density at radius 3 is 2.41 bits per heavy atom. The fraction of sp³-hybridized carbons (Fsp3) is 0.414. The number of imidazole rings is 1. The largest absolute Gasteiger partial charge is 0.416 e. The number of carbonyl (C=O) groups excluding carboxylic acids is 1. The van der Waals surface area contributed by atoms with Gasteiger partial charge < -0.3 is 15.8 Å². The average Bonchev–Trinajstić information content (AvgIpc) is 3.28. The molecule has 3 aromatic rings. The van der Waals surface area contributed by atoms with Crippen LogP contribution in [0.15, 0.2) is 71.4 Å². The zero-order valence-electron chi connectivity index (χ0n) is 22.5. The summed E-state index contributed by atoms with van der Waals surface area (Å²) in [5.41, 5.74) is 6.43. The number of likely N-dealkylation sites (tertiary alicyclic amines) is 2. The number of hydrogen-bond donors (Lipinski definition) is 2. The van der Waals surface area contributed by atoms with Gasteiger partial charge in [-0.05, 0) is 80.8 Å². The molecular formula is C29H32F3N7O2. The van der Waals surface area contributed by atoms with E-state index < -0.39 is 17.4 Å². The summed E-state index contributed by atoms with van der Waals surface area (Å²) in [5, 5.41) is 0. The molecule has 5 heterocycles. The highest BCUT2D eigenvalue weighted by Gasteiger charge is 2.34. The summed E-state index contributed by atoms with van der Waals surface area (Å²) in [4.78, 5) is 35.5. The normalized spacial score (nSPS) is 19.2. The van der Waals surface area contributed by atoms with E-state index in [0.29, 0.717) is 31.4 Å². The number of nitrogens with one attached hydrogen (secondary N) is 2. The van der Waals surface area contributed by atoms with Gasteiger partial charge in [-0.3, -0.25) is 14.3 Å². The van der Waals surface area contributed by atoms with Crippen LogP contribution in [0.3, 0.4) is 0 Å². The minimum absolute atomic E-state index is 0.0203. The molecule has 216 valence electrons. The number of hydrazine groups is 1. The monoisotopic (exact) mass is 567 g/mol. The molecule has 0 spiro atoms. The van der Waals surface area contributed by atoms with E-state index in [4.69, 9.17) is 0 Å². The van der Waals surface area contributed by atoms with Crippen LogP contribution < -0.4 is 16.5 Å². The van der Waals surface area contributed by atoms with Crippen LogP contribution in [0.5, 0.6) is 0 Å². The highest BCUT2D eigenvalue weighted by molar-refractivity contribution is 5.80. The topological polar surface area (TPSA) is 87.4 Å². The Hall–Kier alpha value is -4.06. The highest BCUT2D eigenvalue weighted by Crippen LogP contribution is 2.34. The number of piperidine rings is 2. The van der Waals surface area contributed by atoms with E-state index in [-0.39, 0.29) is 29.2 Å². The Morgan fingerprint density at radius 1 is 0.976 bits per heavy atom. The van der Waals surface area contributed by atoms with Gasteiger partial charge in [0.1, 0.15) is 5.82 Å². The fourth-order valence-corrected chi connectivity index (χ4v) is 6.13. The molecule has 0 aliphatic carbocycles. The summed E-state index contributed by atoms with van der Waals surface area (Å²) in [6.07, 6.45) is 5.51. The van der Waals surface area contributed by atoms with Gasteiger partial charge in [0.15, 0.2) is 0 Å². The number of hydrogen-bond acceptors (Lipinski definition) is 6. The number of benzene rings is 1. The Morgan fingerprint density at radius 2 is 1.76 bits per heavy atom. The maximum atomic E-state index is 13.7. The number of alkyl halides is 3. The van der Waals surface area contributed by atoms with Gasteiger partial charge in [0.2, 0.25) is 5.91 Å². The van der Waals surface area contributed by atoms with E-state index in [0.717, 1.165) is 44.6 Å². The van der Waals surface area contributed by atoms with Gasteiger partial charge in [-0.2, -0.15) is 13.2 Å². The molecule has 2 N–H and O–H groups in total. The van der Waals surface area contributed by atoms with Crippen LogP contribution in [0.1, 0.15) is 37.3 Å². The molecule has 3 aliphatic heterocycles. The minimum atomic E-state index is -4.54. The Balaban J connectivity index is 1.16. The molecule has 2 fully saturated rings. The molecule has 6 rings (SSSR count). The van der Waals surface area contributed by atoms with Crippen LogP contribution in [0.25, 0.3) is 16.9 Å². The predicted molar refractivity (Wildman–Crippen MR) is 148 cm³/mol. The molecule has 9 nitrogen and oxygen atoms in total. The fourth-order valence-electron chi connectivity index (χ4n) is 6.13. The van der Waals surface area contributed by atoms with Crippen molar-refractivity contribution in [2.24, 2.45) is 5.92 Å². The van der Waals surface area contributed by atoms with Crippen molar-refractivity contribution in [2.45, 2.75) is 37.9 Å². The molecule has 1 amide bonds. The quantitative estimate of drug-likeness (QED) is 0.490. The summed E-state index contributed by atoms with van der Waals surface area (Å²) in [6.45, 7) is 3.55. The molecule has 0 bridgehead atoms. The number of aromatic nitrogens is 3. The maximum absolute atomic E-state index is 13.7. The summed E-state index contributed by atoms with van der Waals surface area (Å²) in [7, 11) is 0. The smallest absolute Gasteiger partial charge is 0.342 e. The molecule has 12 heteroatoms. The summed E-state index contributed by atoms with van der Waals surface area (Å²) >= 11 is 0. The second-order valence-electron chi connectivity index (χ2n) is 10.8. The van der Waals surface area contributed by atoms with E-state index in [9.17, 15) is 22.8 Å². The van der Waals surface area contributed by atoms with Crippen molar-refractivity contribution in [2.75, 3.05) is 32.7 Å². The van der Waals surface area contributed by atoms with Crippen LogP contribution >= 0.6 is 0 Å². The van der Waals surface area contributed by atoms with Gasteiger partial charge in [0, 0.05) is 50.2 Å². The van der Waals surface area contributed by atoms with Crippen molar-refractivity contribution in [3.8, 4) is 5.82 Å². The Kier molecular flexibility index (Phi) is 7.33. The SMILES string of the molecule is O=C(C1CCN(CC2=CNNC=C2)CC1)N1CCC(n2c(=O)n(-c3ccccn3)c3cc(C(F)(F)F)ccc32)CC1. The van der Waals surface area contributed by atoms with Crippen molar-refractivity contribution in [3.05, 3.63) is 82.7 Å². The van der Waals surface area contributed by atoms with Gasteiger partial charge in [-0.25, -0.2) is 14.3 Å². The van der Waals surface area contributed by atoms with E-state index >= 15 is 0 Å². The molecule has 2 saturated heterocycles. The molecule has 0 unspecified atom stereocenters. The van der Waals surface area contributed by atoms with Crippen molar-refractivity contribution in [1.82, 2.24) is 34.8 Å². The standard InChI is InChI=1S/C29H32F3N7O2/c30-29(31,32)22-4-5-24-25(17-22)39(26-3-1-2-11-33-26)28(41)38(24)23-9-15-37(16-10-23)27(40)21-7-13-36(14-8-21)19-20-6-12-34-35-18-20/h1-6,11-12,17-18,21,23,34-35H,7-10,13-16,19H2. The summed E-state index contributed by atoms with van der Waals surface area (Å²) < 4.78 is 43.5. The Labute approximate surface area is 234 Å². The number of pyridine rings is 1. The van der Waals surface area contributed by atoms with Crippen LogP contribution in [-0.4, -0.2) is 62.5 Å². The van der Waals surface area contributed by atoms with Crippen molar-refractivity contribution >= 4 is 16.9 Å². The summed E-state index contributed by atoms with van der Waals surface area (Å²) in [6, 6.07) is 8.15. The Bertz CT molecular complexity index is 1530. The lowest BCUT2D eigenvalue weighted by molar-refractivity contribution is -0.138. The van der Waals surface area contributed by atoms with Gasteiger partial charge >= 0.3 is 11.9 Å². The average molecular weight is 568 g/mol. The minimum Gasteiger partial charge on any atom is -0.342 e. The second kappa shape index (κ2) is 11.1. The number of nitrogens with zero attached hydrogens (tertiary/aromatic N) is 5. The van der Waals surface area contributed by atoms with E-state index in [1.54, 1.807) is 22.8 Å². The van der Waals surface area contributed by atoms with Crippen LogP contribution in [0, 0.1) is 5.92 Å². The van der Waals surface area contributed by atoms with Crippen molar-refractivity contribution in [3.63, 3.8) is 0 Å².